The van der Waals surface area contributed by atoms with E-state index < -0.39 is 0 Å². The minimum atomic E-state index is 0.247. The molecule has 4 heteroatoms. The number of rotatable bonds is 4. The summed E-state index contributed by atoms with van der Waals surface area (Å²) in [4.78, 5) is 15.4. The fraction of sp³-hybridized carbons (Fsp3) is 0.562. The molecular formula is C16H24N2OS. The van der Waals surface area contributed by atoms with Gasteiger partial charge in [-0.15, -0.1) is 11.8 Å². The number of benzene rings is 1. The van der Waals surface area contributed by atoms with Crippen LogP contribution < -0.4 is 5.32 Å². The van der Waals surface area contributed by atoms with E-state index >= 15 is 0 Å². The van der Waals surface area contributed by atoms with E-state index in [1.54, 1.807) is 11.8 Å². The first-order valence-corrected chi connectivity index (χ1v) is 8.29. The first-order chi connectivity index (χ1) is 9.58. The molecule has 0 bridgehead atoms. The van der Waals surface area contributed by atoms with Gasteiger partial charge in [0.2, 0.25) is 5.91 Å². The standard InChI is InChI=1S/C16H24N2OS/c1-12(2)14-4-6-15(7-5-14)20-11-16(19)18-9-8-17-10-13(18)3/h4-7,12-13,17H,8-11H2,1-3H3/t13-/m1/s1. The van der Waals surface area contributed by atoms with Crippen LogP contribution >= 0.6 is 11.8 Å². The summed E-state index contributed by atoms with van der Waals surface area (Å²) in [6, 6.07) is 8.86. The zero-order valence-electron chi connectivity index (χ0n) is 12.6. The largest absolute Gasteiger partial charge is 0.337 e. The second-order valence-electron chi connectivity index (χ2n) is 5.65. The van der Waals surface area contributed by atoms with Crippen LogP contribution in [0.5, 0.6) is 0 Å². The fourth-order valence-corrected chi connectivity index (χ4v) is 3.17. The normalized spacial score (nSPS) is 19.4. The van der Waals surface area contributed by atoms with Crippen molar-refractivity contribution >= 4 is 17.7 Å². The summed E-state index contributed by atoms with van der Waals surface area (Å²) < 4.78 is 0. The van der Waals surface area contributed by atoms with Crippen molar-refractivity contribution in [1.29, 1.82) is 0 Å². The minimum Gasteiger partial charge on any atom is -0.337 e. The number of carbonyl (C=O) groups excluding carboxylic acids is 1. The van der Waals surface area contributed by atoms with Gasteiger partial charge in [-0.2, -0.15) is 0 Å². The first kappa shape index (κ1) is 15.4. The van der Waals surface area contributed by atoms with Crippen LogP contribution in [0, 0.1) is 0 Å². The van der Waals surface area contributed by atoms with Crippen LogP contribution in [0.3, 0.4) is 0 Å². The summed E-state index contributed by atoms with van der Waals surface area (Å²) in [6.45, 7) is 9.12. The van der Waals surface area contributed by atoms with E-state index in [2.05, 4.69) is 50.4 Å². The Morgan fingerprint density at radius 2 is 2.10 bits per heavy atom. The van der Waals surface area contributed by atoms with Crippen molar-refractivity contribution < 1.29 is 4.79 Å². The molecular weight excluding hydrogens is 268 g/mol. The Balaban J connectivity index is 1.86. The average molecular weight is 292 g/mol. The highest BCUT2D eigenvalue weighted by atomic mass is 32.2. The van der Waals surface area contributed by atoms with Gasteiger partial charge in [0.25, 0.3) is 0 Å². The maximum Gasteiger partial charge on any atom is 0.233 e. The summed E-state index contributed by atoms with van der Waals surface area (Å²) in [5, 5.41) is 3.31. The molecule has 0 saturated carbocycles. The lowest BCUT2D eigenvalue weighted by atomic mass is 10.0. The van der Waals surface area contributed by atoms with E-state index in [0.29, 0.717) is 17.7 Å². The molecule has 1 aromatic carbocycles. The van der Waals surface area contributed by atoms with Crippen molar-refractivity contribution in [2.45, 2.75) is 37.6 Å². The van der Waals surface area contributed by atoms with Crippen LogP contribution in [0.1, 0.15) is 32.3 Å². The van der Waals surface area contributed by atoms with E-state index in [-0.39, 0.29) is 5.91 Å². The summed E-state index contributed by atoms with van der Waals surface area (Å²) >= 11 is 1.63. The Morgan fingerprint density at radius 1 is 1.40 bits per heavy atom. The van der Waals surface area contributed by atoms with Crippen molar-refractivity contribution in [2.75, 3.05) is 25.4 Å². The number of piperazine rings is 1. The molecule has 1 saturated heterocycles. The lowest BCUT2D eigenvalue weighted by Gasteiger charge is -2.33. The Bertz CT molecular complexity index is 444. The average Bonchev–Trinajstić information content (AvgIpc) is 2.45. The molecule has 0 spiro atoms. The van der Waals surface area contributed by atoms with Gasteiger partial charge in [-0.3, -0.25) is 4.79 Å². The highest BCUT2D eigenvalue weighted by molar-refractivity contribution is 8.00. The number of nitrogens with one attached hydrogen (secondary N) is 1. The van der Waals surface area contributed by atoms with Gasteiger partial charge in [-0.05, 0) is 30.5 Å². The summed E-state index contributed by atoms with van der Waals surface area (Å²) in [5.74, 6) is 1.33. The Labute approximate surface area is 126 Å². The molecule has 1 aliphatic heterocycles. The number of hydrogen-bond donors (Lipinski definition) is 1. The Hall–Kier alpha value is -1.00. The minimum absolute atomic E-state index is 0.247. The zero-order chi connectivity index (χ0) is 14.5. The SMILES string of the molecule is CC(C)c1ccc(SCC(=O)N2CCNC[C@H]2C)cc1. The van der Waals surface area contributed by atoms with Crippen LogP contribution in [-0.4, -0.2) is 42.2 Å². The summed E-state index contributed by atoms with van der Waals surface area (Å²) in [5.41, 5.74) is 1.34. The maximum atomic E-state index is 12.2. The number of hydrogen-bond acceptors (Lipinski definition) is 3. The van der Waals surface area contributed by atoms with Gasteiger partial charge in [-0.25, -0.2) is 0 Å². The molecule has 1 aliphatic rings. The van der Waals surface area contributed by atoms with Crippen LogP contribution in [0.25, 0.3) is 0 Å². The molecule has 1 aromatic rings. The number of nitrogens with zero attached hydrogens (tertiary/aromatic N) is 1. The molecule has 0 aliphatic carbocycles. The van der Waals surface area contributed by atoms with Gasteiger partial charge in [0.05, 0.1) is 5.75 Å². The second kappa shape index (κ2) is 7.14. The molecule has 1 atom stereocenters. The molecule has 0 radical (unpaired) electrons. The fourth-order valence-electron chi connectivity index (χ4n) is 2.39. The van der Waals surface area contributed by atoms with Crippen molar-refractivity contribution in [3.05, 3.63) is 29.8 Å². The summed E-state index contributed by atoms with van der Waals surface area (Å²) in [6.07, 6.45) is 0. The topological polar surface area (TPSA) is 32.3 Å². The van der Waals surface area contributed by atoms with E-state index in [1.165, 1.54) is 10.5 Å². The van der Waals surface area contributed by atoms with Gasteiger partial charge >= 0.3 is 0 Å². The van der Waals surface area contributed by atoms with Crippen molar-refractivity contribution in [3.63, 3.8) is 0 Å². The first-order valence-electron chi connectivity index (χ1n) is 7.31. The van der Waals surface area contributed by atoms with Gasteiger partial charge in [0.15, 0.2) is 0 Å². The lowest BCUT2D eigenvalue weighted by Crippen LogP contribution is -2.52. The van der Waals surface area contributed by atoms with Crippen molar-refractivity contribution in [3.8, 4) is 0 Å². The zero-order valence-corrected chi connectivity index (χ0v) is 13.4. The van der Waals surface area contributed by atoms with Crippen LogP contribution in [0.15, 0.2) is 29.2 Å². The molecule has 20 heavy (non-hydrogen) atoms. The number of thioether (sulfide) groups is 1. The number of amides is 1. The molecule has 1 amide bonds. The van der Waals surface area contributed by atoms with Crippen LogP contribution in [0.4, 0.5) is 0 Å². The van der Waals surface area contributed by atoms with E-state index in [0.717, 1.165) is 19.6 Å². The molecule has 3 nitrogen and oxygen atoms in total. The predicted molar refractivity (Wildman–Crippen MR) is 85.3 cm³/mol. The molecule has 0 aromatic heterocycles. The van der Waals surface area contributed by atoms with Gasteiger partial charge < -0.3 is 10.2 Å². The van der Waals surface area contributed by atoms with E-state index in [4.69, 9.17) is 0 Å². The maximum absolute atomic E-state index is 12.2. The third kappa shape index (κ3) is 4.00. The summed E-state index contributed by atoms with van der Waals surface area (Å²) in [7, 11) is 0. The van der Waals surface area contributed by atoms with Crippen molar-refractivity contribution in [2.24, 2.45) is 0 Å². The quantitative estimate of drug-likeness (QED) is 0.866. The monoisotopic (exact) mass is 292 g/mol. The molecule has 0 unspecified atom stereocenters. The lowest BCUT2D eigenvalue weighted by molar-refractivity contribution is -0.131. The van der Waals surface area contributed by atoms with Crippen LogP contribution in [-0.2, 0) is 4.79 Å². The number of carbonyl (C=O) groups is 1. The highest BCUT2D eigenvalue weighted by Gasteiger charge is 2.22. The molecule has 1 fully saturated rings. The van der Waals surface area contributed by atoms with Gasteiger partial charge in [0, 0.05) is 30.6 Å². The Kier molecular flexibility index (Phi) is 5.49. The third-order valence-corrected chi connectivity index (χ3v) is 4.73. The Morgan fingerprint density at radius 3 is 2.70 bits per heavy atom. The molecule has 110 valence electrons. The highest BCUT2D eigenvalue weighted by Crippen LogP contribution is 2.22. The smallest absolute Gasteiger partial charge is 0.233 e. The van der Waals surface area contributed by atoms with Gasteiger partial charge in [-0.1, -0.05) is 26.0 Å². The van der Waals surface area contributed by atoms with Crippen LogP contribution in [0.2, 0.25) is 0 Å². The third-order valence-electron chi connectivity index (χ3n) is 3.73. The van der Waals surface area contributed by atoms with E-state index in [9.17, 15) is 4.79 Å². The predicted octanol–water partition coefficient (Wildman–Crippen LogP) is 2.72. The van der Waals surface area contributed by atoms with Gasteiger partial charge in [0.1, 0.15) is 0 Å². The second-order valence-corrected chi connectivity index (χ2v) is 6.70. The van der Waals surface area contributed by atoms with Crippen molar-refractivity contribution in [1.82, 2.24) is 10.2 Å². The molecule has 2 rings (SSSR count). The molecule has 1 heterocycles. The molecule has 1 N–H and O–H groups in total. The van der Waals surface area contributed by atoms with E-state index in [1.807, 2.05) is 4.90 Å².